The monoisotopic (exact) mass is 212 g/mol. The molecule has 1 unspecified atom stereocenters. The van der Waals surface area contributed by atoms with Crippen LogP contribution >= 0.6 is 0 Å². The molecule has 2 saturated heterocycles. The summed E-state index contributed by atoms with van der Waals surface area (Å²) in [5.74, 6) is 0. The Bertz CT molecular complexity index is 180. The molecule has 0 saturated carbocycles. The van der Waals surface area contributed by atoms with Crippen LogP contribution in [0.5, 0.6) is 0 Å². The fourth-order valence-corrected chi connectivity index (χ4v) is 2.68. The number of rotatable bonds is 3. The Morgan fingerprint density at radius 3 is 2.73 bits per heavy atom. The fraction of sp³-hybridized carbons (Fsp3) is 1.00. The molecule has 3 heteroatoms. The molecule has 2 heterocycles. The number of nitrogens with zero attached hydrogens (tertiary/aromatic N) is 1. The second-order valence-electron chi connectivity index (χ2n) is 4.79. The number of likely N-dealkylation sites (tertiary alicyclic amines) is 1. The van der Waals surface area contributed by atoms with Gasteiger partial charge in [0.25, 0.3) is 0 Å². The molecule has 15 heavy (non-hydrogen) atoms. The van der Waals surface area contributed by atoms with Crippen molar-refractivity contribution in [1.29, 1.82) is 0 Å². The number of hydrogen-bond acceptors (Lipinski definition) is 3. The Kier molecular flexibility index (Phi) is 4.42. The van der Waals surface area contributed by atoms with Crippen molar-refractivity contribution < 1.29 is 4.74 Å². The highest BCUT2D eigenvalue weighted by molar-refractivity contribution is 4.82. The van der Waals surface area contributed by atoms with E-state index in [-0.39, 0.29) is 0 Å². The molecular formula is C12H24N2O. The second-order valence-corrected chi connectivity index (χ2v) is 4.79. The van der Waals surface area contributed by atoms with Crippen LogP contribution in [0.1, 0.15) is 32.6 Å². The predicted octanol–water partition coefficient (Wildman–Crippen LogP) is 1.24. The fourth-order valence-electron chi connectivity index (χ4n) is 2.68. The molecular weight excluding hydrogens is 188 g/mol. The van der Waals surface area contributed by atoms with Gasteiger partial charge in [-0.25, -0.2) is 0 Å². The van der Waals surface area contributed by atoms with E-state index in [1.165, 1.54) is 45.3 Å². The standard InChI is InChI=1S/C12H24N2O/c1-2-14-7-3-4-12(10-14)13-11-5-8-15-9-6-11/h11-13H,2-10H2,1H3. The molecule has 0 radical (unpaired) electrons. The SMILES string of the molecule is CCN1CCCC(NC2CCOCC2)C1. The topological polar surface area (TPSA) is 24.5 Å². The minimum Gasteiger partial charge on any atom is -0.381 e. The highest BCUT2D eigenvalue weighted by Crippen LogP contribution is 2.13. The van der Waals surface area contributed by atoms with Gasteiger partial charge in [-0.3, -0.25) is 0 Å². The third-order valence-corrected chi connectivity index (χ3v) is 3.65. The Morgan fingerprint density at radius 1 is 1.20 bits per heavy atom. The Hall–Kier alpha value is -0.120. The third-order valence-electron chi connectivity index (χ3n) is 3.65. The summed E-state index contributed by atoms with van der Waals surface area (Å²) in [4.78, 5) is 2.56. The first-order chi connectivity index (χ1) is 7.38. The molecule has 2 fully saturated rings. The van der Waals surface area contributed by atoms with Gasteiger partial charge in [-0.15, -0.1) is 0 Å². The van der Waals surface area contributed by atoms with Crippen molar-refractivity contribution in [3.63, 3.8) is 0 Å². The van der Waals surface area contributed by atoms with Crippen LogP contribution in [-0.4, -0.2) is 49.8 Å². The van der Waals surface area contributed by atoms with Crippen molar-refractivity contribution in [3.8, 4) is 0 Å². The van der Waals surface area contributed by atoms with Crippen molar-refractivity contribution in [1.82, 2.24) is 10.2 Å². The summed E-state index contributed by atoms with van der Waals surface area (Å²) in [7, 11) is 0. The summed E-state index contributed by atoms with van der Waals surface area (Å²) < 4.78 is 5.38. The van der Waals surface area contributed by atoms with Crippen LogP contribution in [0.3, 0.4) is 0 Å². The van der Waals surface area contributed by atoms with Crippen LogP contribution in [0.15, 0.2) is 0 Å². The van der Waals surface area contributed by atoms with Gasteiger partial charge in [-0.1, -0.05) is 6.92 Å². The van der Waals surface area contributed by atoms with Crippen molar-refractivity contribution in [2.75, 3.05) is 32.8 Å². The highest BCUT2D eigenvalue weighted by atomic mass is 16.5. The first kappa shape index (κ1) is 11.4. The van der Waals surface area contributed by atoms with E-state index in [2.05, 4.69) is 17.1 Å². The van der Waals surface area contributed by atoms with E-state index >= 15 is 0 Å². The maximum atomic E-state index is 5.38. The van der Waals surface area contributed by atoms with Gasteiger partial charge in [-0.2, -0.15) is 0 Å². The average Bonchev–Trinajstić information content (AvgIpc) is 2.31. The predicted molar refractivity (Wildman–Crippen MR) is 62.1 cm³/mol. The molecule has 0 aromatic rings. The third kappa shape index (κ3) is 3.44. The van der Waals surface area contributed by atoms with E-state index in [4.69, 9.17) is 4.74 Å². The largest absolute Gasteiger partial charge is 0.381 e. The van der Waals surface area contributed by atoms with Crippen molar-refractivity contribution >= 4 is 0 Å². The van der Waals surface area contributed by atoms with Crippen LogP contribution in [0.2, 0.25) is 0 Å². The second kappa shape index (κ2) is 5.83. The molecule has 0 bridgehead atoms. The molecule has 0 aliphatic carbocycles. The zero-order valence-electron chi connectivity index (χ0n) is 9.87. The first-order valence-corrected chi connectivity index (χ1v) is 6.44. The van der Waals surface area contributed by atoms with Gasteiger partial charge in [0.15, 0.2) is 0 Å². The lowest BCUT2D eigenvalue weighted by atomic mass is 10.0. The van der Waals surface area contributed by atoms with E-state index in [9.17, 15) is 0 Å². The van der Waals surface area contributed by atoms with E-state index in [0.29, 0.717) is 6.04 Å². The number of likely N-dealkylation sites (N-methyl/N-ethyl adjacent to an activating group) is 1. The summed E-state index contributed by atoms with van der Waals surface area (Å²) in [6, 6.07) is 1.43. The molecule has 0 spiro atoms. The minimum absolute atomic E-state index is 0.709. The number of nitrogens with one attached hydrogen (secondary N) is 1. The van der Waals surface area contributed by atoms with Gasteiger partial charge in [0, 0.05) is 31.8 Å². The van der Waals surface area contributed by atoms with Gasteiger partial charge in [0.05, 0.1) is 0 Å². The number of piperidine rings is 1. The molecule has 3 nitrogen and oxygen atoms in total. The summed E-state index contributed by atoms with van der Waals surface area (Å²) in [6.45, 7) is 7.89. The lowest BCUT2D eigenvalue weighted by molar-refractivity contribution is 0.0698. The van der Waals surface area contributed by atoms with Gasteiger partial charge in [-0.05, 0) is 38.8 Å². The molecule has 2 rings (SSSR count). The van der Waals surface area contributed by atoms with Crippen LogP contribution in [0.4, 0.5) is 0 Å². The molecule has 0 aromatic carbocycles. The van der Waals surface area contributed by atoms with Gasteiger partial charge < -0.3 is 15.0 Å². The smallest absolute Gasteiger partial charge is 0.0480 e. The summed E-state index contributed by atoms with van der Waals surface area (Å²) in [6.07, 6.45) is 5.10. The quantitative estimate of drug-likeness (QED) is 0.762. The van der Waals surface area contributed by atoms with Gasteiger partial charge in [0.1, 0.15) is 0 Å². The highest BCUT2D eigenvalue weighted by Gasteiger charge is 2.22. The maximum Gasteiger partial charge on any atom is 0.0480 e. The zero-order chi connectivity index (χ0) is 10.5. The number of ether oxygens (including phenoxy) is 1. The summed E-state index contributed by atoms with van der Waals surface area (Å²) in [5.41, 5.74) is 0. The van der Waals surface area contributed by atoms with Crippen LogP contribution < -0.4 is 5.32 Å². The van der Waals surface area contributed by atoms with Crippen LogP contribution in [0.25, 0.3) is 0 Å². The van der Waals surface area contributed by atoms with E-state index in [1.807, 2.05) is 0 Å². The Labute approximate surface area is 93.2 Å². The van der Waals surface area contributed by atoms with E-state index in [1.54, 1.807) is 0 Å². The number of hydrogen-bond donors (Lipinski definition) is 1. The molecule has 1 atom stereocenters. The van der Waals surface area contributed by atoms with Gasteiger partial charge in [0.2, 0.25) is 0 Å². The molecule has 2 aliphatic rings. The molecule has 2 aliphatic heterocycles. The van der Waals surface area contributed by atoms with Crippen LogP contribution in [0, 0.1) is 0 Å². The van der Waals surface area contributed by atoms with Crippen molar-refractivity contribution in [3.05, 3.63) is 0 Å². The molecule has 0 aromatic heterocycles. The molecule has 0 amide bonds. The molecule has 1 N–H and O–H groups in total. The van der Waals surface area contributed by atoms with Crippen molar-refractivity contribution in [2.24, 2.45) is 0 Å². The summed E-state index contributed by atoms with van der Waals surface area (Å²) in [5, 5.41) is 3.80. The lowest BCUT2D eigenvalue weighted by Crippen LogP contribution is -2.50. The first-order valence-electron chi connectivity index (χ1n) is 6.44. The van der Waals surface area contributed by atoms with Crippen molar-refractivity contribution in [2.45, 2.75) is 44.7 Å². The average molecular weight is 212 g/mol. The Balaban J connectivity index is 1.72. The van der Waals surface area contributed by atoms with E-state index < -0.39 is 0 Å². The minimum atomic E-state index is 0.709. The molecule has 88 valence electrons. The maximum absolute atomic E-state index is 5.38. The normalized spacial score (nSPS) is 30.6. The Morgan fingerprint density at radius 2 is 2.00 bits per heavy atom. The van der Waals surface area contributed by atoms with Crippen LogP contribution in [-0.2, 0) is 4.74 Å². The summed E-state index contributed by atoms with van der Waals surface area (Å²) >= 11 is 0. The van der Waals surface area contributed by atoms with Gasteiger partial charge >= 0.3 is 0 Å². The van der Waals surface area contributed by atoms with E-state index in [0.717, 1.165) is 19.3 Å². The zero-order valence-corrected chi connectivity index (χ0v) is 9.87. The lowest BCUT2D eigenvalue weighted by Gasteiger charge is -2.35.